The highest BCUT2D eigenvalue weighted by Crippen LogP contribution is 2.29. The van der Waals surface area contributed by atoms with Crippen LogP contribution < -0.4 is 10.9 Å². The Balaban J connectivity index is 1.67. The molecule has 0 saturated carbocycles. The zero-order chi connectivity index (χ0) is 15.2. The van der Waals surface area contributed by atoms with E-state index in [1.54, 1.807) is 10.9 Å². The smallest absolute Gasteiger partial charge is 0.155 e. The first-order valence-corrected chi connectivity index (χ1v) is 7.19. The fourth-order valence-corrected chi connectivity index (χ4v) is 2.81. The monoisotopic (exact) mass is 304 g/mol. The van der Waals surface area contributed by atoms with Gasteiger partial charge in [-0.15, -0.1) is 0 Å². The molecule has 1 atom stereocenters. The summed E-state index contributed by atoms with van der Waals surface area (Å²) in [6.07, 6.45) is 5.04. The predicted octanol–water partition coefficient (Wildman–Crippen LogP) is 1.41. The molecule has 23 heavy (non-hydrogen) atoms. The zero-order valence-electron chi connectivity index (χ0n) is 11.9. The van der Waals surface area contributed by atoms with E-state index >= 15 is 0 Å². The molecule has 112 valence electrons. The molecule has 0 radical (unpaired) electrons. The van der Waals surface area contributed by atoms with Crippen LogP contribution in [0.5, 0.6) is 0 Å². The Hall–Kier alpha value is -3.26. The van der Waals surface area contributed by atoms with Gasteiger partial charge in [-0.05, 0) is 29.8 Å². The van der Waals surface area contributed by atoms with E-state index in [-0.39, 0.29) is 6.17 Å². The van der Waals surface area contributed by atoms with Crippen LogP contribution in [0.15, 0.2) is 47.8 Å². The average molecular weight is 304 g/mol. The van der Waals surface area contributed by atoms with Crippen molar-refractivity contribution in [2.24, 2.45) is 4.99 Å². The maximum Gasteiger partial charge on any atom is 0.155 e. The number of rotatable bonds is 2. The Labute approximate surface area is 130 Å². The lowest BCUT2D eigenvalue weighted by molar-refractivity contribution is 0.576. The second-order valence-electron chi connectivity index (χ2n) is 5.33. The molecule has 3 aromatic heterocycles. The van der Waals surface area contributed by atoms with Crippen LogP contribution in [-0.2, 0) is 0 Å². The molecule has 8 heteroatoms. The van der Waals surface area contributed by atoms with Gasteiger partial charge < -0.3 is 5.43 Å². The molecule has 0 saturated heterocycles. The third kappa shape index (κ3) is 1.89. The van der Waals surface area contributed by atoms with Crippen LogP contribution >= 0.6 is 0 Å². The maximum absolute atomic E-state index is 4.46. The number of benzene rings is 1. The summed E-state index contributed by atoms with van der Waals surface area (Å²) in [4.78, 5) is 8.50. The van der Waals surface area contributed by atoms with Gasteiger partial charge in [-0.1, -0.05) is 6.07 Å². The minimum absolute atomic E-state index is 0.0834. The van der Waals surface area contributed by atoms with Crippen molar-refractivity contribution < 1.29 is 0 Å². The highest BCUT2D eigenvalue weighted by atomic mass is 15.5. The molecular formula is C15H12N8. The summed E-state index contributed by atoms with van der Waals surface area (Å²) in [6, 6.07) is 10.1. The van der Waals surface area contributed by atoms with Gasteiger partial charge in [0.1, 0.15) is 18.2 Å². The highest BCUT2D eigenvalue weighted by molar-refractivity contribution is 5.93. The van der Waals surface area contributed by atoms with E-state index < -0.39 is 0 Å². The molecule has 0 fully saturated rings. The van der Waals surface area contributed by atoms with Gasteiger partial charge >= 0.3 is 0 Å². The summed E-state index contributed by atoms with van der Waals surface area (Å²) >= 11 is 0. The second kappa shape index (κ2) is 4.62. The van der Waals surface area contributed by atoms with Gasteiger partial charge in [0.2, 0.25) is 0 Å². The second-order valence-corrected chi connectivity index (χ2v) is 5.33. The first-order valence-electron chi connectivity index (χ1n) is 7.19. The molecule has 1 aromatic carbocycles. The van der Waals surface area contributed by atoms with Gasteiger partial charge in [0, 0.05) is 17.1 Å². The summed E-state index contributed by atoms with van der Waals surface area (Å²) < 4.78 is 1.74. The molecule has 4 aromatic rings. The molecule has 4 heterocycles. The number of aromatic amines is 1. The Morgan fingerprint density at radius 1 is 1.13 bits per heavy atom. The molecule has 0 spiro atoms. The van der Waals surface area contributed by atoms with Crippen LogP contribution in [0.2, 0.25) is 0 Å². The lowest BCUT2D eigenvalue weighted by Gasteiger charge is -2.08. The summed E-state index contributed by atoms with van der Waals surface area (Å²) in [6.45, 7) is 0. The summed E-state index contributed by atoms with van der Waals surface area (Å²) in [7, 11) is 0. The van der Waals surface area contributed by atoms with Crippen molar-refractivity contribution in [1.82, 2.24) is 35.6 Å². The molecule has 1 aliphatic rings. The minimum Gasteiger partial charge on any atom is -0.310 e. The lowest BCUT2D eigenvalue weighted by Crippen LogP contribution is -2.26. The standard InChI is InChI=1S/C15H12N8/c1-3-12-11(5-9(1)15-17-7-18-22-15)14(21-20-12)10-2-4-13-16-8-19-23(13)6-10/h1-8,15,22H,(H,17,18)(H,20,21). The molecule has 3 N–H and O–H groups in total. The first-order chi connectivity index (χ1) is 11.4. The number of nitrogens with zero attached hydrogens (tertiary/aromatic N) is 5. The topological polar surface area (TPSA) is 95.3 Å². The van der Waals surface area contributed by atoms with Crippen molar-refractivity contribution in [1.29, 1.82) is 0 Å². The molecular weight excluding hydrogens is 292 g/mol. The predicted molar refractivity (Wildman–Crippen MR) is 85.6 cm³/mol. The van der Waals surface area contributed by atoms with E-state index in [0.717, 1.165) is 33.4 Å². The summed E-state index contributed by atoms with van der Waals surface area (Å²) in [5.74, 6) is 0. The van der Waals surface area contributed by atoms with Crippen molar-refractivity contribution in [2.75, 3.05) is 0 Å². The van der Waals surface area contributed by atoms with Crippen molar-refractivity contribution in [2.45, 2.75) is 6.17 Å². The number of pyridine rings is 1. The normalized spacial score (nSPS) is 17.1. The van der Waals surface area contributed by atoms with Gasteiger partial charge in [0.25, 0.3) is 0 Å². The van der Waals surface area contributed by atoms with Crippen LogP contribution in [0.3, 0.4) is 0 Å². The van der Waals surface area contributed by atoms with Crippen LogP contribution in [0.25, 0.3) is 27.8 Å². The third-order valence-electron chi connectivity index (χ3n) is 3.96. The molecule has 5 rings (SSSR count). The number of fused-ring (bicyclic) bond motifs is 2. The van der Waals surface area contributed by atoms with Crippen LogP contribution in [0.4, 0.5) is 0 Å². The van der Waals surface area contributed by atoms with Crippen molar-refractivity contribution in [3.8, 4) is 11.3 Å². The highest BCUT2D eigenvalue weighted by Gasteiger charge is 2.15. The Morgan fingerprint density at radius 3 is 3.04 bits per heavy atom. The van der Waals surface area contributed by atoms with Crippen molar-refractivity contribution in [3.05, 3.63) is 48.4 Å². The third-order valence-corrected chi connectivity index (χ3v) is 3.96. The van der Waals surface area contributed by atoms with E-state index in [4.69, 9.17) is 0 Å². The van der Waals surface area contributed by atoms with E-state index in [1.807, 2.05) is 30.5 Å². The van der Waals surface area contributed by atoms with E-state index in [0.29, 0.717) is 0 Å². The fourth-order valence-electron chi connectivity index (χ4n) is 2.81. The molecule has 0 bridgehead atoms. The summed E-state index contributed by atoms with van der Waals surface area (Å²) in [5, 5.41) is 12.8. The number of aromatic nitrogens is 5. The van der Waals surface area contributed by atoms with Crippen LogP contribution in [0, 0.1) is 0 Å². The quantitative estimate of drug-likeness (QED) is 0.520. The number of hydrogen-bond donors (Lipinski definition) is 3. The van der Waals surface area contributed by atoms with E-state index in [2.05, 4.69) is 42.2 Å². The molecule has 0 amide bonds. The minimum atomic E-state index is -0.0834. The van der Waals surface area contributed by atoms with E-state index in [1.165, 1.54) is 6.33 Å². The average Bonchev–Trinajstić information content (AvgIpc) is 3.32. The van der Waals surface area contributed by atoms with Crippen molar-refractivity contribution in [3.63, 3.8) is 0 Å². The van der Waals surface area contributed by atoms with Crippen LogP contribution in [-0.4, -0.2) is 31.1 Å². The Kier molecular flexibility index (Phi) is 2.47. The Morgan fingerprint density at radius 2 is 2.13 bits per heavy atom. The summed E-state index contributed by atoms with van der Waals surface area (Å²) in [5.41, 5.74) is 10.7. The fraction of sp³-hybridized carbons (Fsp3) is 0.0667. The van der Waals surface area contributed by atoms with Crippen LogP contribution in [0.1, 0.15) is 11.7 Å². The lowest BCUT2D eigenvalue weighted by atomic mass is 10.1. The molecule has 1 unspecified atom stereocenters. The van der Waals surface area contributed by atoms with Gasteiger partial charge in [-0.3, -0.25) is 5.10 Å². The maximum atomic E-state index is 4.46. The zero-order valence-corrected chi connectivity index (χ0v) is 11.9. The Bertz CT molecular complexity index is 1040. The number of H-pyrrole nitrogens is 1. The number of hydrazine groups is 1. The van der Waals surface area contributed by atoms with Gasteiger partial charge in [-0.25, -0.2) is 19.9 Å². The largest absolute Gasteiger partial charge is 0.310 e. The number of nitrogens with one attached hydrogen (secondary N) is 3. The molecule has 8 nitrogen and oxygen atoms in total. The number of aliphatic imine (C=N–C) groups is 1. The van der Waals surface area contributed by atoms with Crippen molar-refractivity contribution >= 4 is 22.9 Å². The van der Waals surface area contributed by atoms with Gasteiger partial charge in [0.15, 0.2) is 5.65 Å². The SMILES string of the molecule is C1=NC(c2ccc3[nH]nc(-c4ccc5ncnn5c4)c3c2)NN1. The number of hydrogen-bond acceptors (Lipinski definition) is 6. The van der Waals surface area contributed by atoms with Gasteiger partial charge in [0.05, 0.1) is 11.9 Å². The molecule has 1 aliphatic heterocycles. The first kappa shape index (κ1) is 12.3. The van der Waals surface area contributed by atoms with Gasteiger partial charge in [-0.2, -0.15) is 10.2 Å². The van der Waals surface area contributed by atoms with E-state index in [9.17, 15) is 0 Å². The molecule has 0 aliphatic carbocycles.